The van der Waals surface area contributed by atoms with E-state index in [0.717, 1.165) is 6.42 Å². The molecule has 0 spiro atoms. The van der Waals surface area contributed by atoms with Gasteiger partial charge in [-0.15, -0.1) is 0 Å². The van der Waals surface area contributed by atoms with E-state index in [1.807, 2.05) is 32.0 Å². The van der Waals surface area contributed by atoms with Crippen LogP contribution in [0.5, 0.6) is 0 Å². The third-order valence-electron chi connectivity index (χ3n) is 2.87. The summed E-state index contributed by atoms with van der Waals surface area (Å²) in [6.07, 6.45) is 0.987. The van der Waals surface area contributed by atoms with Crippen LogP contribution < -0.4 is 0 Å². The van der Waals surface area contributed by atoms with Crippen molar-refractivity contribution >= 4 is 0 Å². The second-order valence-electron chi connectivity index (χ2n) is 6.38. The summed E-state index contributed by atoms with van der Waals surface area (Å²) in [6, 6.07) is 10.3. The SMILES string of the molecule is CC(C)(C)CC(c1ccccc1)C(C)(C)O. The molecule has 1 rings (SSSR count). The molecule has 0 amide bonds. The highest BCUT2D eigenvalue weighted by molar-refractivity contribution is 5.22. The quantitative estimate of drug-likeness (QED) is 0.817. The fourth-order valence-corrected chi connectivity index (χ4v) is 2.07. The molecule has 0 aliphatic rings. The van der Waals surface area contributed by atoms with Gasteiger partial charge in [-0.05, 0) is 31.2 Å². The zero-order chi connectivity index (χ0) is 12.4. The van der Waals surface area contributed by atoms with Crippen molar-refractivity contribution in [2.45, 2.75) is 52.6 Å². The van der Waals surface area contributed by atoms with E-state index in [1.165, 1.54) is 5.56 Å². The van der Waals surface area contributed by atoms with Crippen molar-refractivity contribution < 1.29 is 5.11 Å². The average Bonchev–Trinajstić information content (AvgIpc) is 2.13. The van der Waals surface area contributed by atoms with Crippen LogP contribution in [0, 0.1) is 5.41 Å². The van der Waals surface area contributed by atoms with Crippen LogP contribution in [0.2, 0.25) is 0 Å². The molecule has 0 saturated carbocycles. The molecule has 1 aromatic rings. The molecule has 0 radical (unpaired) electrons. The maximum absolute atomic E-state index is 10.3. The van der Waals surface area contributed by atoms with Crippen LogP contribution in [0.1, 0.15) is 52.5 Å². The third-order valence-corrected chi connectivity index (χ3v) is 2.87. The zero-order valence-electron chi connectivity index (χ0n) is 11.1. The molecule has 0 fully saturated rings. The van der Waals surface area contributed by atoms with Crippen molar-refractivity contribution in [3.8, 4) is 0 Å². The smallest absolute Gasteiger partial charge is 0.0660 e. The highest BCUT2D eigenvalue weighted by Crippen LogP contribution is 2.38. The van der Waals surface area contributed by atoms with Gasteiger partial charge in [0.05, 0.1) is 5.60 Å². The number of rotatable bonds is 3. The second kappa shape index (κ2) is 4.58. The van der Waals surface area contributed by atoms with Crippen molar-refractivity contribution in [3.05, 3.63) is 35.9 Å². The van der Waals surface area contributed by atoms with Gasteiger partial charge < -0.3 is 5.11 Å². The Kier molecular flexibility index (Phi) is 3.80. The lowest BCUT2D eigenvalue weighted by atomic mass is 9.74. The lowest BCUT2D eigenvalue weighted by molar-refractivity contribution is 0.0344. The molecule has 0 aliphatic heterocycles. The van der Waals surface area contributed by atoms with Crippen molar-refractivity contribution in [3.63, 3.8) is 0 Å². The summed E-state index contributed by atoms with van der Waals surface area (Å²) in [5, 5.41) is 10.3. The fraction of sp³-hybridized carbons (Fsp3) is 0.600. The summed E-state index contributed by atoms with van der Waals surface area (Å²) in [4.78, 5) is 0. The molecule has 1 heteroatoms. The average molecular weight is 220 g/mol. The van der Waals surface area contributed by atoms with Gasteiger partial charge in [0.2, 0.25) is 0 Å². The van der Waals surface area contributed by atoms with Crippen molar-refractivity contribution in [1.29, 1.82) is 0 Å². The first-order valence-corrected chi connectivity index (χ1v) is 5.97. The Balaban J connectivity index is 2.98. The standard InChI is InChI=1S/C15H24O/c1-14(2,3)11-13(15(4,5)16)12-9-7-6-8-10-12/h6-10,13,16H,11H2,1-5H3. The van der Waals surface area contributed by atoms with Crippen LogP contribution in [0.15, 0.2) is 30.3 Å². The van der Waals surface area contributed by atoms with Crippen LogP contribution >= 0.6 is 0 Å². The molecule has 90 valence electrons. The molecular formula is C15H24O. The van der Waals surface area contributed by atoms with Crippen LogP contribution in [0.3, 0.4) is 0 Å². The van der Waals surface area contributed by atoms with Crippen molar-refractivity contribution in [1.82, 2.24) is 0 Å². The van der Waals surface area contributed by atoms with Crippen LogP contribution in [0.25, 0.3) is 0 Å². The topological polar surface area (TPSA) is 20.2 Å². The molecule has 0 bridgehead atoms. The Morgan fingerprint density at radius 3 is 1.88 bits per heavy atom. The molecule has 1 unspecified atom stereocenters. The van der Waals surface area contributed by atoms with Crippen LogP contribution in [-0.4, -0.2) is 10.7 Å². The second-order valence-corrected chi connectivity index (χ2v) is 6.38. The molecule has 1 atom stereocenters. The van der Waals surface area contributed by atoms with E-state index in [1.54, 1.807) is 0 Å². The summed E-state index contributed by atoms with van der Waals surface area (Å²) >= 11 is 0. The fourth-order valence-electron chi connectivity index (χ4n) is 2.07. The molecule has 0 heterocycles. The minimum atomic E-state index is -0.672. The predicted octanol–water partition coefficient (Wildman–Crippen LogP) is 3.98. The maximum Gasteiger partial charge on any atom is 0.0660 e. The summed E-state index contributed by atoms with van der Waals surface area (Å²) in [5.74, 6) is 0.189. The number of aliphatic hydroxyl groups is 1. The first-order valence-electron chi connectivity index (χ1n) is 5.97. The van der Waals surface area contributed by atoms with E-state index in [-0.39, 0.29) is 11.3 Å². The van der Waals surface area contributed by atoms with Crippen molar-refractivity contribution in [2.75, 3.05) is 0 Å². The van der Waals surface area contributed by atoms with Gasteiger partial charge in [-0.1, -0.05) is 51.1 Å². The molecule has 1 aromatic carbocycles. The van der Waals surface area contributed by atoms with E-state index in [9.17, 15) is 5.11 Å². The third kappa shape index (κ3) is 3.97. The zero-order valence-corrected chi connectivity index (χ0v) is 11.1. The number of hydrogen-bond acceptors (Lipinski definition) is 1. The van der Waals surface area contributed by atoms with Gasteiger partial charge >= 0.3 is 0 Å². The number of benzene rings is 1. The Bertz CT molecular complexity index is 314. The van der Waals surface area contributed by atoms with Crippen LogP contribution in [-0.2, 0) is 0 Å². The summed E-state index contributed by atoms with van der Waals surface area (Å²) in [6.45, 7) is 10.4. The van der Waals surface area contributed by atoms with Gasteiger partial charge in [-0.2, -0.15) is 0 Å². The highest BCUT2D eigenvalue weighted by atomic mass is 16.3. The molecule has 0 saturated heterocycles. The summed E-state index contributed by atoms with van der Waals surface area (Å²) in [5.41, 5.74) is 0.778. The first kappa shape index (κ1) is 13.2. The largest absolute Gasteiger partial charge is 0.390 e. The van der Waals surface area contributed by atoms with Crippen LogP contribution in [0.4, 0.5) is 0 Å². The Hall–Kier alpha value is -0.820. The predicted molar refractivity (Wildman–Crippen MR) is 69.6 cm³/mol. The lowest BCUT2D eigenvalue weighted by Gasteiger charge is -2.34. The van der Waals surface area contributed by atoms with Gasteiger partial charge in [0.25, 0.3) is 0 Å². The molecule has 1 N–H and O–H groups in total. The maximum atomic E-state index is 10.3. The van der Waals surface area contributed by atoms with Crippen molar-refractivity contribution in [2.24, 2.45) is 5.41 Å². The lowest BCUT2D eigenvalue weighted by Crippen LogP contribution is -2.31. The monoisotopic (exact) mass is 220 g/mol. The first-order chi connectivity index (χ1) is 7.20. The Morgan fingerprint density at radius 2 is 1.50 bits per heavy atom. The van der Waals surface area contributed by atoms with E-state index < -0.39 is 5.60 Å². The van der Waals surface area contributed by atoms with Gasteiger partial charge in [0.1, 0.15) is 0 Å². The van der Waals surface area contributed by atoms with Gasteiger partial charge in [-0.3, -0.25) is 0 Å². The summed E-state index contributed by atoms with van der Waals surface area (Å²) < 4.78 is 0. The molecular weight excluding hydrogens is 196 g/mol. The van der Waals surface area contributed by atoms with E-state index >= 15 is 0 Å². The van der Waals surface area contributed by atoms with Gasteiger partial charge in [0, 0.05) is 5.92 Å². The van der Waals surface area contributed by atoms with E-state index in [0.29, 0.717) is 0 Å². The van der Waals surface area contributed by atoms with E-state index in [2.05, 4.69) is 32.9 Å². The van der Waals surface area contributed by atoms with Gasteiger partial charge in [0.15, 0.2) is 0 Å². The minimum Gasteiger partial charge on any atom is -0.390 e. The van der Waals surface area contributed by atoms with E-state index in [4.69, 9.17) is 0 Å². The Labute approximate surface area is 99.5 Å². The summed E-state index contributed by atoms with van der Waals surface area (Å²) in [7, 11) is 0. The minimum absolute atomic E-state index is 0.189. The van der Waals surface area contributed by atoms with Gasteiger partial charge in [-0.25, -0.2) is 0 Å². The molecule has 0 aliphatic carbocycles. The molecule has 16 heavy (non-hydrogen) atoms. The molecule has 1 nitrogen and oxygen atoms in total. The Morgan fingerprint density at radius 1 is 1.00 bits per heavy atom. The number of hydrogen-bond donors (Lipinski definition) is 1. The highest BCUT2D eigenvalue weighted by Gasteiger charge is 2.31. The molecule has 0 aromatic heterocycles. The normalized spacial score (nSPS) is 14.9.